The largest absolute Gasteiger partial charge is 0.353 e. The highest BCUT2D eigenvalue weighted by Crippen LogP contribution is 2.24. The van der Waals surface area contributed by atoms with E-state index in [9.17, 15) is 0 Å². The second kappa shape index (κ2) is 2.81. The lowest BCUT2D eigenvalue weighted by Crippen LogP contribution is -2.15. The Kier molecular flexibility index (Phi) is 2.32. The van der Waals surface area contributed by atoms with Crippen LogP contribution >= 0.6 is 22.6 Å². The summed E-state index contributed by atoms with van der Waals surface area (Å²) in [7, 11) is 2.10. The zero-order chi connectivity index (χ0) is 8.65. The zero-order valence-electron chi connectivity index (χ0n) is 7.48. The number of rotatable bonds is 0. The molecule has 0 saturated heterocycles. The monoisotopic (exact) mass is 263 g/mol. The van der Waals surface area contributed by atoms with Gasteiger partial charge in [-0.2, -0.15) is 0 Å². The van der Waals surface area contributed by atoms with Crippen LogP contribution in [-0.2, 0) is 12.5 Å². The molecule has 0 aliphatic heterocycles. The van der Waals surface area contributed by atoms with Crippen molar-refractivity contribution >= 4 is 22.6 Å². The molecule has 0 spiro atoms. The van der Waals surface area contributed by atoms with Gasteiger partial charge in [-0.1, -0.05) is 20.8 Å². The van der Waals surface area contributed by atoms with Crippen LogP contribution in [0.25, 0.3) is 0 Å². The Morgan fingerprint density at radius 2 is 1.91 bits per heavy atom. The lowest BCUT2D eigenvalue weighted by molar-refractivity contribution is 0.543. The first-order valence-electron chi connectivity index (χ1n) is 3.73. The molecule has 0 aliphatic rings. The fourth-order valence-electron chi connectivity index (χ4n) is 1.27. The minimum atomic E-state index is 0.262. The molecule has 0 atom stereocenters. The van der Waals surface area contributed by atoms with E-state index < -0.39 is 0 Å². The van der Waals surface area contributed by atoms with Crippen molar-refractivity contribution in [2.45, 2.75) is 26.2 Å². The lowest BCUT2D eigenvalue weighted by Gasteiger charge is -2.19. The maximum Gasteiger partial charge on any atom is 0.0310 e. The fourth-order valence-corrected chi connectivity index (χ4v) is 1.98. The van der Waals surface area contributed by atoms with Crippen LogP contribution in [0.2, 0.25) is 0 Å². The van der Waals surface area contributed by atoms with Gasteiger partial charge in [0, 0.05) is 27.9 Å². The summed E-state index contributed by atoms with van der Waals surface area (Å²) in [5.41, 5.74) is 1.65. The third-order valence-corrected chi connectivity index (χ3v) is 2.33. The van der Waals surface area contributed by atoms with Crippen molar-refractivity contribution in [1.82, 2.24) is 4.57 Å². The molecule has 0 fully saturated rings. The van der Waals surface area contributed by atoms with E-state index in [1.165, 1.54) is 9.26 Å². The van der Waals surface area contributed by atoms with Crippen LogP contribution in [0.3, 0.4) is 0 Å². The molecular weight excluding hydrogens is 249 g/mol. The molecule has 1 aromatic heterocycles. The Labute approximate surface area is 81.9 Å². The van der Waals surface area contributed by atoms with Gasteiger partial charge in [0.05, 0.1) is 0 Å². The van der Waals surface area contributed by atoms with Crippen LogP contribution in [0.1, 0.15) is 26.5 Å². The molecule has 0 aromatic carbocycles. The van der Waals surface area contributed by atoms with Crippen molar-refractivity contribution in [3.63, 3.8) is 0 Å². The van der Waals surface area contributed by atoms with Gasteiger partial charge in [-0.05, 0) is 28.7 Å². The van der Waals surface area contributed by atoms with Crippen LogP contribution in [0, 0.1) is 3.57 Å². The summed E-state index contributed by atoms with van der Waals surface area (Å²) in [6.07, 6.45) is 2.15. The van der Waals surface area contributed by atoms with E-state index in [4.69, 9.17) is 0 Å². The molecule has 11 heavy (non-hydrogen) atoms. The third kappa shape index (κ3) is 1.98. The number of hydrogen-bond donors (Lipinski definition) is 0. The fraction of sp³-hybridized carbons (Fsp3) is 0.556. The van der Waals surface area contributed by atoms with E-state index in [2.05, 4.69) is 67.2 Å². The molecule has 0 bridgehead atoms. The number of nitrogens with zero attached hydrogens (tertiary/aromatic N) is 1. The SMILES string of the molecule is Cn1cc(I)cc1C(C)(C)C. The number of aryl methyl sites for hydroxylation is 1. The van der Waals surface area contributed by atoms with Crippen molar-refractivity contribution in [1.29, 1.82) is 0 Å². The molecule has 0 aliphatic carbocycles. The van der Waals surface area contributed by atoms with E-state index in [0.29, 0.717) is 0 Å². The van der Waals surface area contributed by atoms with Gasteiger partial charge >= 0.3 is 0 Å². The Morgan fingerprint density at radius 1 is 1.36 bits per heavy atom. The van der Waals surface area contributed by atoms with Crippen molar-refractivity contribution < 1.29 is 0 Å². The average Bonchev–Trinajstić information content (AvgIpc) is 2.08. The van der Waals surface area contributed by atoms with E-state index >= 15 is 0 Å². The maximum absolute atomic E-state index is 2.35. The summed E-state index contributed by atoms with van der Waals surface area (Å²) in [5.74, 6) is 0. The molecular formula is C9H14IN. The Bertz CT molecular complexity index is 255. The number of aromatic nitrogens is 1. The summed E-state index contributed by atoms with van der Waals surface area (Å²) in [4.78, 5) is 0. The number of halogens is 1. The standard InChI is InChI=1S/C9H14IN/c1-9(2,3)8-5-7(10)6-11(8)4/h5-6H,1-4H3. The predicted molar refractivity (Wildman–Crippen MR) is 56.8 cm³/mol. The normalized spacial score (nSPS) is 12.1. The van der Waals surface area contributed by atoms with Crippen molar-refractivity contribution in [2.24, 2.45) is 7.05 Å². The molecule has 1 aromatic rings. The van der Waals surface area contributed by atoms with E-state index in [-0.39, 0.29) is 5.41 Å². The minimum Gasteiger partial charge on any atom is -0.353 e. The average molecular weight is 263 g/mol. The summed E-state index contributed by atoms with van der Waals surface area (Å²) in [5, 5.41) is 0. The van der Waals surface area contributed by atoms with Crippen molar-refractivity contribution in [3.05, 3.63) is 21.5 Å². The second-order valence-corrected chi connectivity index (χ2v) is 5.15. The van der Waals surface area contributed by atoms with Crippen LogP contribution in [0.5, 0.6) is 0 Å². The molecule has 0 unspecified atom stereocenters. The highest BCUT2D eigenvalue weighted by molar-refractivity contribution is 14.1. The quantitative estimate of drug-likeness (QED) is 0.634. The van der Waals surface area contributed by atoms with Crippen molar-refractivity contribution in [3.8, 4) is 0 Å². The zero-order valence-corrected chi connectivity index (χ0v) is 9.64. The third-order valence-electron chi connectivity index (χ3n) is 1.74. The van der Waals surface area contributed by atoms with Crippen LogP contribution in [-0.4, -0.2) is 4.57 Å². The Morgan fingerprint density at radius 3 is 2.09 bits per heavy atom. The van der Waals surface area contributed by atoms with Crippen molar-refractivity contribution in [2.75, 3.05) is 0 Å². The Hall–Kier alpha value is 0.01000. The summed E-state index contributed by atoms with van der Waals surface area (Å²) in [6.45, 7) is 6.70. The van der Waals surface area contributed by atoms with Gasteiger partial charge in [0.25, 0.3) is 0 Å². The number of hydrogen-bond acceptors (Lipinski definition) is 0. The first kappa shape index (κ1) is 9.10. The van der Waals surface area contributed by atoms with Crippen LogP contribution in [0.4, 0.5) is 0 Å². The summed E-state index contributed by atoms with van der Waals surface area (Å²) in [6, 6.07) is 2.24. The molecule has 0 radical (unpaired) electrons. The van der Waals surface area contributed by atoms with Gasteiger partial charge in [0.2, 0.25) is 0 Å². The smallest absolute Gasteiger partial charge is 0.0310 e. The molecule has 0 amide bonds. The van der Waals surface area contributed by atoms with E-state index in [0.717, 1.165) is 0 Å². The topological polar surface area (TPSA) is 4.93 Å². The van der Waals surface area contributed by atoms with Gasteiger partial charge in [-0.25, -0.2) is 0 Å². The molecule has 62 valence electrons. The van der Waals surface area contributed by atoms with Gasteiger partial charge in [0.1, 0.15) is 0 Å². The Balaban J connectivity index is 3.13. The van der Waals surface area contributed by atoms with Crippen LogP contribution in [0.15, 0.2) is 12.3 Å². The van der Waals surface area contributed by atoms with Gasteiger partial charge in [-0.15, -0.1) is 0 Å². The predicted octanol–water partition coefficient (Wildman–Crippen LogP) is 2.93. The van der Waals surface area contributed by atoms with Gasteiger partial charge in [-0.3, -0.25) is 0 Å². The molecule has 1 heterocycles. The first-order chi connectivity index (χ1) is 4.91. The van der Waals surface area contributed by atoms with E-state index in [1.54, 1.807) is 0 Å². The highest BCUT2D eigenvalue weighted by Gasteiger charge is 2.17. The second-order valence-electron chi connectivity index (χ2n) is 3.90. The molecule has 0 saturated carbocycles. The minimum absolute atomic E-state index is 0.262. The maximum atomic E-state index is 2.35. The molecule has 1 nitrogen and oxygen atoms in total. The van der Waals surface area contributed by atoms with Gasteiger partial charge in [0.15, 0.2) is 0 Å². The molecule has 2 heteroatoms. The van der Waals surface area contributed by atoms with E-state index in [1.807, 2.05) is 0 Å². The first-order valence-corrected chi connectivity index (χ1v) is 4.81. The summed E-state index contributed by atoms with van der Waals surface area (Å²) < 4.78 is 3.51. The summed E-state index contributed by atoms with van der Waals surface area (Å²) >= 11 is 2.35. The van der Waals surface area contributed by atoms with Gasteiger partial charge < -0.3 is 4.57 Å². The molecule has 1 rings (SSSR count). The molecule has 0 N–H and O–H groups in total. The highest BCUT2D eigenvalue weighted by atomic mass is 127. The lowest BCUT2D eigenvalue weighted by atomic mass is 9.92. The van der Waals surface area contributed by atoms with Crippen LogP contribution < -0.4 is 0 Å².